The predicted molar refractivity (Wildman–Crippen MR) is 152 cm³/mol. The molecule has 0 aliphatic carbocycles. The Morgan fingerprint density at radius 1 is 0.947 bits per heavy atom. The summed E-state index contributed by atoms with van der Waals surface area (Å²) in [6, 6.07) is 15.7. The van der Waals surface area contributed by atoms with Crippen LogP contribution in [0.1, 0.15) is 89.5 Å². The highest BCUT2D eigenvalue weighted by molar-refractivity contribution is 5.92. The molecule has 2 aromatic carbocycles. The number of nitrogens with one attached hydrogen (secondary N) is 2. The second-order valence-electron chi connectivity index (χ2n) is 10.8. The van der Waals surface area contributed by atoms with Gasteiger partial charge >= 0.3 is 6.09 Å². The molecule has 38 heavy (non-hydrogen) atoms. The van der Waals surface area contributed by atoms with Crippen molar-refractivity contribution in [3.05, 3.63) is 71.3 Å². The van der Waals surface area contributed by atoms with Crippen LogP contribution in [0.4, 0.5) is 4.79 Å². The zero-order valence-corrected chi connectivity index (χ0v) is 23.9. The number of nitrogens with zero attached hydrogens (tertiary/aromatic N) is 1. The molecular formula is C31H45N3O4. The molecule has 2 N–H and O–H groups in total. The minimum Gasteiger partial charge on any atom is -0.444 e. The Morgan fingerprint density at radius 3 is 2.26 bits per heavy atom. The molecule has 2 rings (SSSR count). The monoisotopic (exact) mass is 523 g/mol. The highest BCUT2D eigenvalue weighted by Crippen LogP contribution is 2.25. The van der Waals surface area contributed by atoms with Crippen LogP contribution in [0.5, 0.6) is 0 Å². The van der Waals surface area contributed by atoms with E-state index in [1.54, 1.807) is 32.6 Å². The van der Waals surface area contributed by atoms with Crippen LogP contribution in [0, 0.1) is 6.92 Å². The second-order valence-corrected chi connectivity index (χ2v) is 10.8. The number of amides is 3. The smallest absolute Gasteiger partial charge is 0.408 e. The number of unbranched alkanes of at least 4 members (excludes halogenated alkanes) is 4. The maximum absolute atomic E-state index is 13.8. The number of aryl methyl sites for hydroxylation is 1. The zero-order chi connectivity index (χ0) is 28.1. The molecule has 3 amide bonds. The van der Waals surface area contributed by atoms with Crippen molar-refractivity contribution < 1.29 is 19.1 Å². The van der Waals surface area contributed by atoms with Crippen molar-refractivity contribution in [3.8, 4) is 0 Å². The lowest BCUT2D eigenvalue weighted by Crippen LogP contribution is -2.52. The molecule has 0 radical (unpaired) electrons. The van der Waals surface area contributed by atoms with Crippen LogP contribution in [0.2, 0.25) is 0 Å². The molecule has 2 atom stereocenters. The average Bonchev–Trinajstić information content (AvgIpc) is 2.85. The van der Waals surface area contributed by atoms with Gasteiger partial charge in [0.05, 0.1) is 0 Å². The molecule has 0 aliphatic heterocycles. The first kappa shape index (κ1) is 30.9. The summed E-state index contributed by atoms with van der Waals surface area (Å²) in [5, 5.41) is 5.69. The van der Waals surface area contributed by atoms with E-state index in [9.17, 15) is 14.4 Å². The van der Waals surface area contributed by atoms with E-state index in [1.807, 2.05) is 61.5 Å². The molecule has 0 fully saturated rings. The Labute approximate surface area is 228 Å². The zero-order valence-electron chi connectivity index (χ0n) is 23.9. The minimum absolute atomic E-state index is 0.258. The van der Waals surface area contributed by atoms with E-state index >= 15 is 0 Å². The molecule has 0 spiro atoms. The third kappa shape index (κ3) is 10.6. The number of carbonyl (C=O) groups excluding carboxylic acids is 3. The standard InChI is InChI=1S/C31H45N3O4/c1-7-8-9-10-14-20-34(29(36)24(3)33-30(37)38-31(4,5)6)27(26-19-15-16-23(2)21-26)28(35)32-22-25-17-12-11-13-18-25/h11-13,15-19,21,24,27H,7-10,14,20,22H2,1-6H3,(H,32,35)(H,33,37). The van der Waals surface area contributed by atoms with Gasteiger partial charge in [0, 0.05) is 13.1 Å². The Balaban J connectivity index is 2.34. The van der Waals surface area contributed by atoms with Crippen LogP contribution < -0.4 is 10.6 Å². The maximum Gasteiger partial charge on any atom is 0.408 e. The van der Waals surface area contributed by atoms with Crippen molar-refractivity contribution in [3.63, 3.8) is 0 Å². The third-order valence-corrected chi connectivity index (χ3v) is 6.12. The van der Waals surface area contributed by atoms with Gasteiger partial charge in [0.25, 0.3) is 0 Å². The van der Waals surface area contributed by atoms with Gasteiger partial charge in [0.2, 0.25) is 11.8 Å². The quantitative estimate of drug-likeness (QED) is 0.312. The van der Waals surface area contributed by atoms with E-state index < -0.39 is 23.8 Å². The van der Waals surface area contributed by atoms with Crippen LogP contribution in [-0.2, 0) is 20.9 Å². The van der Waals surface area contributed by atoms with E-state index in [0.29, 0.717) is 13.1 Å². The largest absolute Gasteiger partial charge is 0.444 e. The summed E-state index contributed by atoms with van der Waals surface area (Å²) in [4.78, 5) is 41.6. The number of hydrogen-bond donors (Lipinski definition) is 2. The average molecular weight is 524 g/mol. The Morgan fingerprint density at radius 2 is 1.63 bits per heavy atom. The van der Waals surface area contributed by atoms with Gasteiger partial charge in [-0.2, -0.15) is 0 Å². The molecule has 0 aromatic heterocycles. The molecular weight excluding hydrogens is 478 g/mol. The highest BCUT2D eigenvalue weighted by atomic mass is 16.6. The van der Waals surface area contributed by atoms with Crippen molar-refractivity contribution >= 4 is 17.9 Å². The molecule has 7 heteroatoms. The predicted octanol–water partition coefficient (Wildman–Crippen LogP) is 6.06. The number of alkyl carbamates (subject to hydrolysis) is 1. The van der Waals surface area contributed by atoms with E-state index in [-0.39, 0.29) is 11.8 Å². The topological polar surface area (TPSA) is 87.7 Å². The van der Waals surface area contributed by atoms with E-state index in [1.165, 1.54) is 0 Å². The van der Waals surface area contributed by atoms with E-state index in [4.69, 9.17) is 4.74 Å². The van der Waals surface area contributed by atoms with Crippen LogP contribution in [-0.4, -0.2) is 41.0 Å². The van der Waals surface area contributed by atoms with Gasteiger partial charge in [-0.15, -0.1) is 0 Å². The number of rotatable bonds is 13. The lowest BCUT2D eigenvalue weighted by atomic mass is 10.00. The van der Waals surface area contributed by atoms with Crippen LogP contribution in [0.3, 0.4) is 0 Å². The summed E-state index contributed by atoms with van der Waals surface area (Å²) in [6.07, 6.45) is 4.37. The Bertz CT molecular complexity index is 1030. The number of carbonyl (C=O) groups is 3. The summed E-state index contributed by atoms with van der Waals surface area (Å²) in [5.41, 5.74) is 2.02. The van der Waals surface area contributed by atoms with Gasteiger partial charge in [-0.05, 0) is 52.2 Å². The van der Waals surface area contributed by atoms with Crippen molar-refractivity contribution in [2.24, 2.45) is 0 Å². The first-order chi connectivity index (χ1) is 18.0. The number of benzene rings is 2. The fourth-order valence-electron chi connectivity index (χ4n) is 4.24. The lowest BCUT2D eigenvalue weighted by Gasteiger charge is -2.34. The normalized spacial score (nSPS) is 12.8. The maximum atomic E-state index is 13.8. The fraction of sp³-hybridized carbons (Fsp3) is 0.516. The minimum atomic E-state index is -0.866. The number of ether oxygens (including phenoxy) is 1. The van der Waals surface area contributed by atoms with Gasteiger partial charge in [-0.25, -0.2) is 4.79 Å². The fourth-order valence-corrected chi connectivity index (χ4v) is 4.24. The molecule has 0 heterocycles. The lowest BCUT2D eigenvalue weighted by molar-refractivity contribution is -0.142. The molecule has 0 aliphatic rings. The molecule has 2 aromatic rings. The van der Waals surface area contributed by atoms with Crippen molar-refractivity contribution in [1.82, 2.24) is 15.5 Å². The summed E-state index contributed by atoms with van der Waals surface area (Å²) < 4.78 is 5.36. The van der Waals surface area contributed by atoms with Gasteiger partial charge in [0.15, 0.2) is 0 Å². The van der Waals surface area contributed by atoms with Gasteiger partial charge in [-0.1, -0.05) is 92.8 Å². The van der Waals surface area contributed by atoms with Gasteiger partial charge in [-0.3, -0.25) is 9.59 Å². The molecule has 2 unspecified atom stereocenters. The summed E-state index contributed by atoms with van der Waals surface area (Å²) in [7, 11) is 0. The molecule has 0 saturated heterocycles. The molecule has 0 saturated carbocycles. The Kier molecular flexibility index (Phi) is 12.3. The van der Waals surface area contributed by atoms with E-state index in [0.717, 1.165) is 48.8 Å². The summed E-state index contributed by atoms with van der Waals surface area (Å²) in [5.74, 6) is -0.585. The van der Waals surface area contributed by atoms with Crippen molar-refractivity contribution in [2.45, 2.75) is 97.9 Å². The van der Waals surface area contributed by atoms with Crippen molar-refractivity contribution in [1.29, 1.82) is 0 Å². The first-order valence-corrected chi connectivity index (χ1v) is 13.7. The van der Waals surface area contributed by atoms with Crippen LogP contribution in [0.15, 0.2) is 54.6 Å². The molecule has 0 bridgehead atoms. The second kappa shape index (κ2) is 15.2. The van der Waals surface area contributed by atoms with Gasteiger partial charge in [0.1, 0.15) is 17.7 Å². The first-order valence-electron chi connectivity index (χ1n) is 13.7. The molecule has 208 valence electrons. The summed E-state index contributed by atoms with van der Waals surface area (Å²) >= 11 is 0. The van der Waals surface area contributed by atoms with E-state index in [2.05, 4.69) is 17.6 Å². The Hall–Kier alpha value is -3.35. The summed E-state index contributed by atoms with van der Waals surface area (Å²) in [6.45, 7) is 11.8. The highest BCUT2D eigenvalue weighted by Gasteiger charge is 2.34. The number of hydrogen-bond acceptors (Lipinski definition) is 4. The van der Waals surface area contributed by atoms with Crippen molar-refractivity contribution in [2.75, 3.05) is 6.54 Å². The van der Waals surface area contributed by atoms with Crippen LogP contribution in [0.25, 0.3) is 0 Å². The molecule has 7 nitrogen and oxygen atoms in total. The van der Waals surface area contributed by atoms with Crippen LogP contribution >= 0.6 is 0 Å². The third-order valence-electron chi connectivity index (χ3n) is 6.12. The van der Waals surface area contributed by atoms with Gasteiger partial charge < -0.3 is 20.3 Å². The SMILES string of the molecule is CCCCCCCN(C(=O)C(C)NC(=O)OC(C)(C)C)C(C(=O)NCc1ccccc1)c1cccc(C)c1.